The maximum Gasteiger partial charge on any atom is 0.224 e. The van der Waals surface area contributed by atoms with Gasteiger partial charge >= 0.3 is 0 Å². The molecule has 76 valence electrons. The average molecular weight is 214 g/mol. The monoisotopic (exact) mass is 213 g/mol. The number of carbonyl (C=O) groups excluding carboxylic acids is 1. The number of carbonyl (C=O) groups is 1. The van der Waals surface area contributed by atoms with Crippen LogP contribution in [0.2, 0.25) is 0 Å². The highest BCUT2D eigenvalue weighted by atomic mass is 35.5. The second-order valence-electron chi connectivity index (χ2n) is 2.86. The van der Waals surface area contributed by atoms with Crippen molar-refractivity contribution in [2.75, 3.05) is 11.2 Å². The van der Waals surface area contributed by atoms with E-state index in [1.165, 1.54) is 0 Å². The van der Waals surface area contributed by atoms with Crippen molar-refractivity contribution in [3.8, 4) is 0 Å². The number of aryl methyl sites for hydroxylation is 1. The van der Waals surface area contributed by atoms with Crippen LogP contribution in [0.1, 0.15) is 18.7 Å². The highest BCUT2D eigenvalue weighted by Crippen LogP contribution is 2.04. The molecular weight excluding hydrogens is 202 g/mol. The second-order valence-corrected chi connectivity index (χ2v) is 3.24. The third-order valence-corrected chi connectivity index (χ3v) is 1.87. The summed E-state index contributed by atoms with van der Waals surface area (Å²) in [5, 5.41) is 2.68. The van der Waals surface area contributed by atoms with Crippen molar-refractivity contribution >= 4 is 23.2 Å². The molecule has 0 bridgehead atoms. The minimum atomic E-state index is -0.0573. The molecule has 0 unspecified atom stereocenters. The van der Waals surface area contributed by atoms with Gasteiger partial charge in [0.25, 0.3) is 0 Å². The Labute approximate surface area is 87.7 Å². The average Bonchev–Trinajstić information content (AvgIpc) is 2.18. The zero-order valence-electron chi connectivity index (χ0n) is 7.96. The van der Waals surface area contributed by atoms with Crippen LogP contribution in [-0.2, 0) is 4.79 Å². The van der Waals surface area contributed by atoms with Crippen LogP contribution in [0.4, 0.5) is 5.69 Å². The Morgan fingerprint density at radius 1 is 1.50 bits per heavy atom. The third kappa shape index (κ3) is 3.70. The highest BCUT2D eigenvalue weighted by Gasteiger charge is 2.01. The van der Waals surface area contributed by atoms with E-state index in [0.29, 0.717) is 30.2 Å². The van der Waals surface area contributed by atoms with E-state index >= 15 is 0 Å². The number of halogens is 1. The van der Waals surface area contributed by atoms with E-state index in [9.17, 15) is 4.79 Å². The number of amides is 1. The zero-order valence-corrected chi connectivity index (χ0v) is 8.71. The molecule has 0 aliphatic rings. The van der Waals surface area contributed by atoms with E-state index in [4.69, 9.17) is 11.6 Å². The normalized spacial score (nSPS) is 9.86. The molecule has 4 nitrogen and oxygen atoms in total. The van der Waals surface area contributed by atoms with Gasteiger partial charge < -0.3 is 5.32 Å². The maximum atomic E-state index is 11.2. The Kier molecular flexibility index (Phi) is 4.32. The first-order valence-corrected chi connectivity index (χ1v) is 4.90. The Balaban J connectivity index is 2.44. The standard InChI is InChI=1S/C9H12ClN3O/c1-7-11-5-8(6-12-7)13-9(14)3-2-4-10/h5-6H,2-4H2,1H3,(H,13,14). The van der Waals surface area contributed by atoms with Crippen molar-refractivity contribution < 1.29 is 4.79 Å². The first kappa shape index (κ1) is 10.9. The van der Waals surface area contributed by atoms with Crippen molar-refractivity contribution in [1.29, 1.82) is 0 Å². The summed E-state index contributed by atoms with van der Waals surface area (Å²) in [6.45, 7) is 1.79. The third-order valence-electron chi connectivity index (χ3n) is 1.60. The molecule has 1 rings (SSSR count). The van der Waals surface area contributed by atoms with Gasteiger partial charge in [-0.25, -0.2) is 9.97 Å². The van der Waals surface area contributed by atoms with Crippen LogP contribution < -0.4 is 5.32 Å². The Bertz CT molecular complexity index is 299. The van der Waals surface area contributed by atoms with Crippen LogP contribution in [0.15, 0.2) is 12.4 Å². The topological polar surface area (TPSA) is 54.9 Å². The van der Waals surface area contributed by atoms with Gasteiger partial charge in [-0.15, -0.1) is 11.6 Å². The molecule has 0 spiro atoms. The smallest absolute Gasteiger partial charge is 0.224 e. The van der Waals surface area contributed by atoms with Gasteiger partial charge in [-0.2, -0.15) is 0 Å². The molecule has 0 radical (unpaired) electrons. The van der Waals surface area contributed by atoms with E-state index in [2.05, 4.69) is 15.3 Å². The van der Waals surface area contributed by atoms with E-state index in [0.717, 1.165) is 0 Å². The minimum absolute atomic E-state index is 0.0573. The number of nitrogens with one attached hydrogen (secondary N) is 1. The van der Waals surface area contributed by atoms with Crippen molar-refractivity contribution in [3.05, 3.63) is 18.2 Å². The number of anilines is 1. The van der Waals surface area contributed by atoms with Crippen LogP contribution in [-0.4, -0.2) is 21.8 Å². The van der Waals surface area contributed by atoms with Crippen molar-refractivity contribution in [2.45, 2.75) is 19.8 Å². The molecule has 0 atom stereocenters. The molecular formula is C9H12ClN3O. The van der Waals surface area contributed by atoms with Crippen LogP contribution in [0.5, 0.6) is 0 Å². The van der Waals surface area contributed by atoms with Gasteiger partial charge in [0.2, 0.25) is 5.91 Å². The molecule has 1 amide bonds. The molecule has 1 aromatic rings. The Morgan fingerprint density at radius 2 is 2.14 bits per heavy atom. The van der Waals surface area contributed by atoms with E-state index in [1.807, 2.05) is 0 Å². The largest absolute Gasteiger partial charge is 0.323 e. The summed E-state index contributed by atoms with van der Waals surface area (Å²) >= 11 is 5.46. The first-order chi connectivity index (χ1) is 6.72. The molecule has 1 heterocycles. The van der Waals surface area contributed by atoms with Crippen molar-refractivity contribution in [3.63, 3.8) is 0 Å². The van der Waals surface area contributed by atoms with Gasteiger partial charge in [0, 0.05) is 12.3 Å². The molecule has 0 aliphatic heterocycles. The van der Waals surface area contributed by atoms with Gasteiger partial charge in [0.15, 0.2) is 0 Å². The second kappa shape index (κ2) is 5.54. The summed E-state index contributed by atoms with van der Waals surface area (Å²) in [7, 11) is 0. The number of aromatic nitrogens is 2. The van der Waals surface area contributed by atoms with Gasteiger partial charge in [-0.1, -0.05) is 0 Å². The molecule has 1 N–H and O–H groups in total. The first-order valence-electron chi connectivity index (χ1n) is 4.37. The molecule has 0 saturated heterocycles. The maximum absolute atomic E-state index is 11.2. The quantitative estimate of drug-likeness (QED) is 0.776. The van der Waals surface area contributed by atoms with Crippen LogP contribution in [0, 0.1) is 6.92 Å². The SMILES string of the molecule is Cc1ncc(NC(=O)CCCCl)cn1. The molecule has 5 heteroatoms. The summed E-state index contributed by atoms with van der Waals surface area (Å²) < 4.78 is 0. The number of hydrogen-bond donors (Lipinski definition) is 1. The molecule has 1 aromatic heterocycles. The fraction of sp³-hybridized carbons (Fsp3) is 0.444. The molecule has 0 aromatic carbocycles. The Hall–Kier alpha value is -1.16. The number of rotatable bonds is 4. The lowest BCUT2D eigenvalue weighted by Crippen LogP contribution is -2.11. The fourth-order valence-corrected chi connectivity index (χ4v) is 1.04. The lowest BCUT2D eigenvalue weighted by molar-refractivity contribution is -0.116. The summed E-state index contributed by atoms with van der Waals surface area (Å²) in [4.78, 5) is 19.2. The highest BCUT2D eigenvalue weighted by molar-refractivity contribution is 6.18. The van der Waals surface area contributed by atoms with E-state index < -0.39 is 0 Å². The molecule has 14 heavy (non-hydrogen) atoms. The number of nitrogens with zero attached hydrogens (tertiary/aromatic N) is 2. The van der Waals surface area contributed by atoms with E-state index in [1.54, 1.807) is 19.3 Å². The Morgan fingerprint density at radius 3 is 2.71 bits per heavy atom. The molecule has 0 saturated carbocycles. The number of alkyl halides is 1. The van der Waals surface area contributed by atoms with Crippen molar-refractivity contribution in [2.24, 2.45) is 0 Å². The summed E-state index contributed by atoms with van der Waals surface area (Å²) in [6.07, 6.45) is 4.28. The lowest BCUT2D eigenvalue weighted by Gasteiger charge is -2.02. The summed E-state index contributed by atoms with van der Waals surface area (Å²) in [6, 6.07) is 0. The van der Waals surface area contributed by atoms with Gasteiger partial charge in [0.1, 0.15) is 5.82 Å². The molecule has 0 aliphatic carbocycles. The van der Waals surface area contributed by atoms with Crippen molar-refractivity contribution in [1.82, 2.24) is 9.97 Å². The predicted molar refractivity (Wildman–Crippen MR) is 55.4 cm³/mol. The van der Waals surface area contributed by atoms with Crippen LogP contribution in [0.25, 0.3) is 0 Å². The zero-order chi connectivity index (χ0) is 10.4. The van der Waals surface area contributed by atoms with Gasteiger partial charge in [0.05, 0.1) is 18.1 Å². The molecule has 0 fully saturated rings. The van der Waals surface area contributed by atoms with Crippen LogP contribution >= 0.6 is 11.6 Å². The summed E-state index contributed by atoms with van der Waals surface area (Å²) in [5.41, 5.74) is 0.621. The summed E-state index contributed by atoms with van der Waals surface area (Å²) in [5.74, 6) is 1.12. The fourth-order valence-electron chi connectivity index (χ4n) is 0.908. The lowest BCUT2D eigenvalue weighted by atomic mass is 10.3. The minimum Gasteiger partial charge on any atom is -0.323 e. The number of hydrogen-bond acceptors (Lipinski definition) is 3. The van der Waals surface area contributed by atoms with Crippen LogP contribution in [0.3, 0.4) is 0 Å². The van der Waals surface area contributed by atoms with Gasteiger partial charge in [-0.3, -0.25) is 4.79 Å². The van der Waals surface area contributed by atoms with Gasteiger partial charge in [-0.05, 0) is 13.3 Å². The predicted octanol–water partition coefficient (Wildman–Crippen LogP) is 1.74. The van der Waals surface area contributed by atoms with E-state index in [-0.39, 0.29) is 5.91 Å².